The third-order valence-electron chi connectivity index (χ3n) is 4.99. The maximum Gasteiger partial charge on any atom is 0.134 e. The molecule has 1 aromatic carbocycles. The van der Waals surface area contributed by atoms with Gasteiger partial charge in [-0.3, -0.25) is 0 Å². The molecule has 4 heteroatoms. The first-order valence-electron chi connectivity index (χ1n) is 8.08. The zero-order valence-corrected chi connectivity index (χ0v) is 14.2. The Morgan fingerprint density at radius 1 is 1.09 bits per heavy atom. The first-order valence-corrected chi connectivity index (χ1v) is 8.87. The highest BCUT2D eigenvalue weighted by Crippen LogP contribution is 2.28. The van der Waals surface area contributed by atoms with Gasteiger partial charge in [0, 0.05) is 22.6 Å². The Morgan fingerprint density at radius 3 is 2.55 bits per heavy atom. The number of rotatable bonds is 4. The number of benzene rings is 1. The first kappa shape index (κ1) is 14.5. The molecule has 4 heterocycles. The van der Waals surface area contributed by atoms with E-state index in [0.29, 0.717) is 6.04 Å². The van der Waals surface area contributed by atoms with Crippen molar-refractivity contribution in [2.75, 3.05) is 19.6 Å². The molecule has 22 heavy (non-hydrogen) atoms. The lowest BCUT2D eigenvalue weighted by Crippen LogP contribution is -2.55. The molecule has 0 saturated carbocycles. The Labute approximate surface area is 139 Å². The van der Waals surface area contributed by atoms with Crippen molar-refractivity contribution >= 4 is 15.9 Å². The minimum atomic E-state index is 0.628. The smallest absolute Gasteiger partial charge is 0.134 e. The van der Waals surface area contributed by atoms with E-state index < -0.39 is 0 Å². The van der Waals surface area contributed by atoms with E-state index in [1.807, 2.05) is 12.1 Å². The molecule has 3 aliphatic heterocycles. The number of fused-ring (bicyclic) bond motifs is 3. The summed E-state index contributed by atoms with van der Waals surface area (Å²) in [6.45, 7) is 4.60. The summed E-state index contributed by atoms with van der Waals surface area (Å²) < 4.78 is 7.08. The summed E-state index contributed by atoms with van der Waals surface area (Å²) in [5, 5.41) is 3.70. The minimum Gasteiger partial charge on any atom is -0.460 e. The van der Waals surface area contributed by atoms with Crippen LogP contribution in [0.2, 0.25) is 0 Å². The Hall–Kier alpha value is -1.10. The van der Waals surface area contributed by atoms with Crippen molar-refractivity contribution in [1.82, 2.24) is 10.2 Å². The average molecular weight is 361 g/mol. The molecule has 3 saturated heterocycles. The third kappa shape index (κ3) is 3.00. The SMILES string of the molecule is Brc1ccc(-c2ccc(CNC3CN4CCC3CC4)o2)cc1. The lowest BCUT2D eigenvalue weighted by atomic mass is 9.84. The number of piperidine rings is 3. The largest absolute Gasteiger partial charge is 0.460 e. The highest BCUT2D eigenvalue weighted by molar-refractivity contribution is 9.10. The Kier molecular flexibility index (Phi) is 4.07. The van der Waals surface area contributed by atoms with Crippen molar-refractivity contribution in [2.45, 2.75) is 25.4 Å². The van der Waals surface area contributed by atoms with Gasteiger partial charge >= 0.3 is 0 Å². The van der Waals surface area contributed by atoms with E-state index >= 15 is 0 Å². The van der Waals surface area contributed by atoms with Gasteiger partial charge in [0.1, 0.15) is 11.5 Å². The quantitative estimate of drug-likeness (QED) is 0.896. The molecule has 2 bridgehead atoms. The van der Waals surface area contributed by atoms with Crippen LogP contribution in [-0.2, 0) is 6.54 Å². The van der Waals surface area contributed by atoms with Crippen molar-refractivity contribution in [2.24, 2.45) is 5.92 Å². The molecule has 3 aliphatic rings. The molecular weight excluding hydrogens is 340 g/mol. The van der Waals surface area contributed by atoms with E-state index in [-0.39, 0.29) is 0 Å². The molecule has 1 atom stereocenters. The van der Waals surface area contributed by atoms with Gasteiger partial charge in [-0.15, -0.1) is 0 Å². The van der Waals surface area contributed by atoms with Gasteiger partial charge in [-0.25, -0.2) is 0 Å². The number of hydrogen-bond acceptors (Lipinski definition) is 3. The molecule has 2 aromatic rings. The van der Waals surface area contributed by atoms with Crippen molar-refractivity contribution in [3.8, 4) is 11.3 Å². The average Bonchev–Trinajstić information content (AvgIpc) is 3.04. The van der Waals surface area contributed by atoms with Gasteiger partial charge in [0.2, 0.25) is 0 Å². The topological polar surface area (TPSA) is 28.4 Å². The standard InChI is InChI=1S/C18H21BrN2O/c19-15-3-1-14(2-4-15)18-6-5-16(22-18)11-20-17-12-21-9-7-13(17)8-10-21/h1-6,13,17,20H,7-12H2. The third-order valence-corrected chi connectivity index (χ3v) is 5.51. The Balaban J connectivity index is 1.39. The van der Waals surface area contributed by atoms with Crippen molar-refractivity contribution < 1.29 is 4.42 Å². The van der Waals surface area contributed by atoms with E-state index in [4.69, 9.17) is 4.42 Å². The molecule has 0 amide bonds. The molecule has 0 radical (unpaired) electrons. The van der Waals surface area contributed by atoms with E-state index in [9.17, 15) is 0 Å². The van der Waals surface area contributed by atoms with Gasteiger partial charge in [-0.05, 0) is 56.1 Å². The van der Waals surface area contributed by atoms with Crippen LogP contribution >= 0.6 is 15.9 Å². The van der Waals surface area contributed by atoms with Crippen LogP contribution in [0.5, 0.6) is 0 Å². The molecular formula is C18H21BrN2O. The van der Waals surface area contributed by atoms with Crippen LogP contribution in [0.1, 0.15) is 18.6 Å². The molecule has 5 rings (SSSR count). The molecule has 0 aliphatic carbocycles. The van der Waals surface area contributed by atoms with Crippen LogP contribution in [0.25, 0.3) is 11.3 Å². The molecule has 116 valence electrons. The summed E-state index contributed by atoms with van der Waals surface area (Å²) in [4.78, 5) is 2.58. The molecule has 0 spiro atoms. The van der Waals surface area contributed by atoms with Gasteiger partial charge in [0.05, 0.1) is 6.54 Å². The fourth-order valence-corrected chi connectivity index (χ4v) is 3.93. The van der Waals surface area contributed by atoms with Crippen LogP contribution in [0, 0.1) is 5.92 Å². The van der Waals surface area contributed by atoms with Crippen molar-refractivity contribution in [3.63, 3.8) is 0 Å². The van der Waals surface area contributed by atoms with Gasteiger partial charge in [0.25, 0.3) is 0 Å². The lowest BCUT2D eigenvalue weighted by Gasteiger charge is -2.45. The van der Waals surface area contributed by atoms with Gasteiger partial charge in [-0.2, -0.15) is 0 Å². The predicted molar refractivity (Wildman–Crippen MR) is 91.6 cm³/mol. The first-order chi connectivity index (χ1) is 10.8. The van der Waals surface area contributed by atoms with E-state index in [0.717, 1.165) is 34.0 Å². The predicted octanol–water partition coefficient (Wildman–Crippen LogP) is 3.89. The molecule has 3 fully saturated rings. The molecule has 1 aromatic heterocycles. The zero-order chi connectivity index (χ0) is 14.9. The molecule has 1 N–H and O–H groups in total. The summed E-state index contributed by atoms with van der Waals surface area (Å²) in [5.74, 6) is 2.82. The van der Waals surface area contributed by atoms with E-state index in [2.05, 4.69) is 50.4 Å². The number of nitrogens with one attached hydrogen (secondary N) is 1. The molecule has 3 nitrogen and oxygen atoms in total. The summed E-state index contributed by atoms with van der Waals surface area (Å²) in [6.07, 6.45) is 2.69. The fourth-order valence-electron chi connectivity index (χ4n) is 3.67. The van der Waals surface area contributed by atoms with E-state index in [1.165, 1.54) is 32.5 Å². The minimum absolute atomic E-state index is 0.628. The highest BCUT2D eigenvalue weighted by Gasteiger charge is 2.33. The van der Waals surface area contributed by atoms with Gasteiger partial charge in [-0.1, -0.05) is 28.1 Å². The van der Waals surface area contributed by atoms with Gasteiger partial charge in [0.15, 0.2) is 0 Å². The highest BCUT2D eigenvalue weighted by atomic mass is 79.9. The normalized spacial score (nSPS) is 27.2. The number of halogens is 1. The second-order valence-electron chi connectivity index (χ2n) is 6.40. The number of hydrogen-bond donors (Lipinski definition) is 1. The fraction of sp³-hybridized carbons (Fsp3) is 0.444. The second kappa shape index (κ2) is 6.19. The summed E-state index contributed by atoms with van der Waals surface area (Å²) in [5.41, 5.74) is 1.12. The van der Waals surface area contributed by atoms with Crippen LogP contribution in [0.3, 0.4) is 0 Å². The Morgan fingerprint density at radius 2 is 1.86 bits per heavy atom. The van der Waals surface area contributed by atoms with Crippen LogP contribution in [0.4, 0.5) is 0 Å². The summed E-state index contributed by atoms with van der Waals surface area (Å²) in [7, 11) is 0. The second-order valence-corrected chi connectivity index (χ2v) is 7.31. The maximum atomic E-state index is 5.99. The number of furan rings is 1. The van der Waals surface area contributed by atoms with Crippen LogP contribution in [-0.4, -0.2) is 30.6 Å². The summed E-state index contributed by atoms with van der Waals surface area (Å²) in [6, 6.07) is 13.0. The van der Waals surface area contributed by atoms with E-state index in [1.54, 1.807) is 0 Å². The zero-order valence-electron chi connectivity index (χ0n) is 12.6. The lowest BCUT2D eigenvalue weighted by molar-refractivity contribution is 0.0711. The monoisotopic (exact) mass is 360 g/mol. The van der Waals surface area contributed by atoms with Crippen molar-refractivity contribution in [1.29, 1.82) is 0 Å². The summed E-state index contributed by atoms with van der Waals surface area (Å²) >= 11 is 3.46. The number of nitrogens with zero attached hydrogens (tertiary/aromatic N) is 1. The van der Waals surface area contributed by atoms with Crippen molar-refractivity contribution in [3.05, 3.63) is 46.6 Å². The maximum absolute atomic E-state index is 5.99. The van der Waals surface area contributed by atoms with Crippen LogP contribution in [0.15, 0.2) is 45.3 Å². The molecule has 1 unspecified atom stereocenters. The van der Waals surface area contributed by atoms with Gasteiger partial charge < -0.3 is 14.6 Å². The Bertz CT molecular complexity index is 629. The van der Waals surface area contributed by atoms with Crippen LogP contribution < -0.4 is 5.32 Å².